The minimum Gasteiger partial charge on any atom is -0.368 e. The molecule has 6 aromatic heterocycles. The van der Waals surface area contributed by atoms with Crippen LogP contribution in [0.1, 0.15) is 31.7 Å². The molecule has 20 N–H and O–H groups in total. The maximum atomic E-state index is 12.9. The first-order chi connectivity index (χ1) is 47.2. The van der Waals surface area contributed by atoms with Gasteiger partial charge in [-0.25, -0.2) is 9.97 Å². The molecule has 514 valence electrons. The normalized spacial score (nSPS) is 11.5. The largest absolute Gasteiger partial charge is 0.368 e. The number of benzene rings is 2. The summed E-state index contributed by atoms with van der Waals surface area (Å²) >= 11 is 7.18. The number of carbonyl (C=O) groups is 3. The number of nitrogens with zero attached hydrogens (tertiary/aromatic N) is 18. The van der Waals surface area contributed by atoms with Crippen molar-refractivity contribution < 1.29 is 14.4 Å². The highest BCUT2D eigenvalue weighted by atomic mass is 32.2. The molecule has 2 amide bonds. The van der Waals surface area contributed by atoms with Gasteiger partial charge in [-0.1, -0.05) is 74.1 Å². The quantitative estimate of drug-likeness (QED) is 0.0145. The summed E-state index contributed by atoms with van der Waals surface area (Å²) in [6.45, 7) is 10.2. The standard InChI is InChI=1S/C56H79N35O3S3/c1-4-96-55-88-51(68-16-15-60-39(93)33(2)29-36(92)31-73-40(94)38(57)30-35-11-7-5-8-12-35)86-52(89-55)69-25-26-71-54-87-53(90-56(91-54)97-37-13-9-6-10-14-37)70-24-23-67-49-83-48(84-50(85-49)72-27-28-95)66-20-18-62-44-75-32-74-43(81-44)61-17-19-64-46-79-42(59)80-47(82-46)65-22-21-63-45-77-34(3)76-41(58)78-45/h5-14,32-33,38,95H,4,15-31,57H2,1-3H3,(H,60,93)(H,73,94)(H3,58,63,76,77,78)(H2,61,62,74,75,81)(H2,68,69,86,88,89)(H2,70,71,87,90,91)(H4,59,64,65,79,80,82)(H3,66,67,72,83,84,85). The molecule has 2 aromatic carbocycles. The maximum Gasteiger partial charge on any atom is 0.237 e. The van der Waals surface area contributed by atoms with E-state index in [1.165, 1.54) is 29.9 Å². The van der Waals surface area contributed by atoms with Gasteiger partial charge in [-0.2, -0.15) is 92.4 Å². The zero-order valence-electron chi connectivity index (χ0n) is 53.5. The third kappa shape index (κ3) is 26.6. The van der Waals surface area contributed by atoms with E-state index < -0.39 is 17.9 Å². The highest BCUT2D eigenvalue weighted by molar-refractivity contribution is 7.99. The molecular formula is C56H79N35O3S3. The fourth-order valence-corrected chi connectivity index (χ4v) is 9.74. The zero-order valence-corrected chi connectivity index (χ0v) is 56.0. The van der Waals surface area contributed by atoms with Crippen LogP contribution in [0.5, 0.6) is 0 Å². The molecule has 2 atom stereocenters. The summed E-state index contributed by atoms with van der Waals surface area (Å²) in [5.74, 6) is 4.30. The predicted octanol–water partition coefficient (Wildman–Crippen LogP) is 1.30. The highest BCUT2D eigenvalue weighted by Crippen LogP contribution is 2.26. The van der Waals surface area contributed by atoms with Gasteiger partial charge < -0.3 is 91.6 Å². The van der Waals surface area contributed by atoms with Crippen molar-refractivity contribution >= 4 is 137 Å². The number of aromatic nitrogens is 18. The molecule has 0 aliphatic heterocycles. The number of thiol groups is 1. The van der Waals surface area contributed by atoms with E-state index in [1.807, 2.05) is 67.6 Å². The molecule has 0 saturated carbocycles. The Balaban J connectivity index is 0.753. The van der Waals surface area contributed by atoms with E-state index in [0.29, 0.717) is 166 Å². The lowest BCUT2D eigenvalue weighted by Crippen LogP contribution is -2.44. The summed E-state index contributed by atoms with van der Waals surface area (Å²) < 4.78 is 0. The number of carbonyl (C=O) groups excluding carboxylic acids is 3. The molecule has 38 nitrogen and oxygen atoms in total. The number of nitrogens with two attached hydrogens (primary N) is 3. The smallest absolute Gasteiger partial charge is 0.237 e. The van der Waals surface area contributed by atoms with Crippen LogP contribution in [0.25, 0.3) is 0 Å². The van der Waals surface area contributed by atoms with E-state index in [9.17, 15) is 14.4 Å². The average Bonchev–Trinajstić information content (AvgIpc) is 1.03. The van der Waals surface area contributed by atoms with Crippen molar-refractivity contribution in [2.24, 2.45) is 11.7 Å². The summed E-state index contributed by atoms with van der Waals surface area (Å²) in [5, 5.41) is 44.7. The molecule has 97 heavy (non-hydrogen) atoms. The number of hydrogen-bond acceptors (Lipinski definition) is 39. The first-order valence-electron chi connectivity index (χ1n) is 30.9. The van der Waals surface area contributed by atoms with Crippen LogP contribution in [-0.2, 0) is 20.8 Å². The van der Waals surface area contributed by atoms with Gasteiger partial charge in [0.25, 0.3) is 0 Å². The Morgan fingerprint density at radius 3 is 1.29 bits per heavy atom. The molecule has 0 saturated heterocycles. The van der Waals surface area contributed by atoms with Crippen molar-refractivity contribution in [3.05, 3.63) is 78.4 Å². The number of hydrogen-bond donors (Lipinski definition) is 18. The average molecular weight is 1390 g/mol. The molecular weight excluding hydrogens is 1310 g/mol. The number of Topliss-reactive ketones (excluding diaryl/α,β-unsaturated/α-hetero) is 1. The Morgan fingerprint density at radius 2 is 0.835 bits per heavy atom. The van der Waals surface area contributed by atoms with E-state index in [0.717, 1.165) is 16.2 Å². The zero-order chi connectivity index (χ0) is 68.4. The van der Waals surface area contributed by atoms with Gasteiger partial charge in [0.05, 0.1) is 12.6 Å². The van der Waals surface area contributed by atoms with Crippen LogP contribution in [0.15, 0.2) is 82.2 Å². The van der Waals surface area contributed by atoms with Gasteiger partial charge in [0.2, 0.25) is 95.1 Å². The molecule has 6 heterocycles. The number of nitrogen functional groups attached to an aromatic ring is 2. The van der Waals surface area contributed by atoms with E-state index in [-0.39, 0.29) is 55.0 Å². The Bertz CT molecular complexity index is 3740. The number of thioether (sulfide) groups is 1. The molecule has 0 aliphatic carbocycles. The summed E-state index contributed by atoms with van der Waals surface area (Å²) in [6.07, 6.45) is 1.69. The highest BCUT2D eigenvalue weighted by Gasteiger charge is 2.20. The van der Waals surface area contributed by atoms with Crippen LogP contribution in [0.2, 0.25) is 0 Å². The Kier molecular flexibility index (Phi) is 29.2. The van der Waals surface area contributed by atoms with Crippen LogP contribution >= 0.6 is 36.2 Å². The van der Waals surface area contributed by atoms with E-state index in [2.05, 4.69) is 167 Å². The number of nitrogens with one attached hydrogen (secondary N) is 14. The molecule has 8 rings (SSSR count). The lowest BCUT2D eigenvalue weighted by Gasteiger charge is -2.14. The van der Waals surface area contributed by atoms with Gasteiger partial charge in [0, 0.05) is 108 Å². The lowest BCUT2D eigenvalue weighted by atomic mass is 10.0. The molecule has 2 unspecified atom stereocenters. The molecule has 0 aliphatic rings. The number of ketones is 1. The van der Waals surface area contributed by atoms with Crippen LogP contribution in [0.3, 0.4) is 0 Å². The minimum atomic E-state index is -0.803. The van der Waals surface area contributed by atoms with Gasteiger partial charge in [0.1, 0.15) is 12.2 Å². The topological polar surface area (TPSA) is 530 Å². The lowest BCUT2D eigenvalue weighted by molar-refractivity contribution is -0.129. The Labute approximate surface area is 572 Å². The number of anilines is 14. The summed E-state index contributed by atoms with van der Waals surface area (Å²) in [5.41, 5.74) is 18.6. The first kappa shape index (κ1) is 72.2. The third-order valence-electron chi connectivity index (χ3n) is 12.7. The van der Waals surface area contributed by atoms with Gasteiger partial charge in [0.15, 0.2) is 16.1 Å². The minimum absolute atomic E-state index is 0.0428. The van der Waals surface area contributed by atoms with Gasteiger partial charge >= 0.3 is 0 Å². The summed E-state index contributed by atoms with van der Waals surface area (Å²) in [7, 11) is 0. The number of aryl methyl sites for hydroxylation is 1. The fourth-order valence-electron chi connectivity index (χ4n) is 8.30. The van der Waals surface area contributed by atoms with Crippen LogP contribution in [0.4, 0.5) is 83.3 Å². The number of rotatable bonds is 44. The second-order valence-corrected chi connectivity index (χ2v) is 23.2. The Hall–Kier alpha value is -10.7. The molecule has 41 heteroatoms. The van der Waals surface area contributed by atoms with Crippen molar-refractivity contribution in [3.63, 3.8) is 0 Å². The number of amides is 2. The van der Waals surface area contributed by atoms with Gasteiger partial charge in [-0.05, 0) is 48.6 Å². The van der Waals surface area contributed by atoms with E-state index in [1.54, 1.807) is 13.8 Å². The van der Waals surface area contributed by atoms with Crippen molar-refractivity contribution in [3.8, 4) is 0 Å². The maximum absolute atomic E-state index is 12.9. The van der Waals surface area contributed by atoms with E-state index in [4.69, 9.17) is 27.2 Å². The SMILES string of the molecule is CCSc1nc(NCCNC(=O)C(C)CC(=O)CNC(=O)C(N)Cc2ccccc2)nc(NCCNc2nc(NCCNc3nc(NCCS)nc(NCCNc4ncnc(NCCNc5nc(N)nc(NCCNc6nc(C)nc(N)n6)n5)n4)n3)nc(Sc3ccccc3)n2)n1. The molecule has 0 fully saturated rings. The molecule has 0 bridgehead atoms. The first-order valence-corrected chi connectivity index (χ1v) is 33.3. The second kappa shape index (κ2) is 39.2. The molecule has 0 spiro atoms. The molecule has 8 aromatic rings. The second-order valence-electron chi connectivity index (χ2n) is 20.5. The van der Waals surface area contributed by atoms with Gasteiger partial charge in [-0.3, -0.25) is 14.4 Å². The molecule has 0 radical (unpaired) electrons. The van der Waals surface area contributed by atoms with Crippen molar-refractivity contribution in [2.45, 2.75) is 54.9 Å². The Morgan fingerprint density at radius 1 is 0.454 bits per heavy atom. The van der Waals surface area contributed by atoms with Crippen LogP contribution in [-0.4, -0.2) is 216 Å². The van der Waals surface area contributed by atoms with Crippen LogP contribution < -0.4 is 91.6 Å². The van der Waals surface area contributed by atoms with Crippen LogP contribution in [0, 0.1) is 12.8 Å². The predicted molar refractivity (Wildman–Crippen MR) is 378 cm³/mol. The van der Waals surface area contributed by atoms with Crippen molar-refractivity contribution in [2.75, 3.05) is 178 Å². The fraction of sp³-hybridized carbons (Fsp3) is 0.411. The van der Waals surface area contributed by atoms with Gasteiger partial charge in [-0.15, -0.1) is 0 Å². The van der Waals surface area contributed by atoms with Crippen molar-refractivity contribution in [1.82, 2.24) is 100 Å². The summed E-state index contributed by atoms with van der Waals surface area (Å²) in [4.78, 5) is 118. The van der Waals surface area contributed by atoms with E-state index >= 15 is 0 Å². The van der Waals surface area contributed by atoms with Crippen molar-refractivity contribution in [1.29, 1.82) is 0 Å². The third-order valence-corrected chi connectivity index (χ3v) is 14.5. The summed E-state index contributed by atoms with van der Waals surface area (Å²) in [6, 6.07) is 18.3. The monoisotopic (exact) mass is 1390 g/mol.